The first-order valence-corrected chi connectivity index (χ1v) is 8.46. The molecular formula is C20H20O5. The van der Waals surface area contributed by atoms with E-state index in [-0.39, 0.29) is 40.3 Å². The number of rotatable bonds is 0. The maximum Gasteiger partial charge on any atom is 0.232 e. The SMILES string of the molecule is CC1=CC2C3=C(OC(C)(C)C2CC1)C(=O)c1c(O)cc(O)cc1C3=O. The third-order valence-corrected chi connectivity index (χ3v) is 5.61. The Kier molecular flexibility index (Phi) is 3.17. The van der Waals surface area contributed by atoms with E-state index in [0.29, 0.717) is 5.57 Å². The molecule has 0 saturated heterocycles. The molecule has 1 aromatic rings. The van der Waals surface area contributed by atoms with Gasteiger partial charge in [0.15, 0.2) is 11.5 Å². The molecule has 2 unspecified atom stereocenters. The summed E-state index contributed by atoms with van der Waals surface area (Å²) in [6.07, 6.45) is 3.89. The minimum atomic E-state index is -0.583. The summed E-state index contributed by atoms with van der Waals surface area (Å²) < 4.78 is 6.01. The average Bonchev–Trinajstić information content (AvgIpc) is 2.51. The molecule has 2 N–H and O–H groups in total. The molecule has 0 amide bonds. The first-order chi connectivity index (χ1) is 11.7. The zero-order chi connectivity index (χ0) is 18.1. The summed E-state index contributed by atoms with van der Waals surface area (Å²) in [5.74, 6) is -1.56. The number of Topliss-reactive ketones (excluding diaryl/α,β-unsaturated/α-hetero) is 2. The lowest BCUT2D eigenvalue weighted by Crippen LogP contribution is -2.48. The summed E-state index contributed by atoms with van der Waals surface area (Å²) in [5, 5.41) is 19.8. The number of ketones is 2. The van der Waals surface area contributed by atoms with Crippen LogP contribution in [0.5, 0.6) is 11.5 Å². The van der Waals surface area contributed by atoms with Crippen LogP contribution in [0.3, 0.4) is 0 Å². The van der Waals surface area contributed by atoms with Crippen molar-refractivity contribution >= 4 is 11.6 Å². The highest BCUT2D eigenvalue weighted by Gasteiger charge is 2.51. The number of ether oxygens (including phenoxy) is 1. The van der Waals surface area contributed by atoms with Gasteiger partial charge in [-0.3, -0.25) is 9.59 Å². The molecule has 1 aromatic carbocycles. The van der Waals surface area contributed by atoms with Crippen molar-refractivity contribution in [2.24, 2.45) is 11.8 Å². The third kappa shape index (κ3) is 2.15. The topological polar surface area (TPSA) is 83.8 Å². The molecule has 25 heavy (non-hydrogen) atoms. The molecule has 0 aromatic heterocycles. The van der Waals surface area contributed by atoms with Crippen LogP contribution in [0.1, 0.15) is 54.3 Å². The Morgan fingerprint density at radius 2 is 1.88 bits per heavy atom. The Hall–Kier alpha value is -2.56. The zero-order valence-corrected chi connectivity index (χ0v) is 14.4. The van der Waals surface area contributed by atoms with Gasteiger partial charge in [0.25, 0.3) is 0 Å². The van der Waals surface area contributed by atoms with E-state index < -0.39 is 17.1 Å². The first kappa shape index (κ1) is 15.9. The van der Waals surface area contributed by atoms with E-state index in [1.807, 2.05) is 20.8 Å². The monoisotopic (exact) mass is 340 g/mol. The van der Waals surface area contributed by atoms with E-state index >= 15 is 0 Å². The summed E-state index contributed by atoms with van der Waals surface area (Å²) in [7, 11) is 0. The number of benzene rings is 1. The molecule has 4 rings (SSSR count). The number of hydrogen-bond acceptors (Lipinski definition) is 5. The van der Waals surface area contributed by atoms with E-state index in [9.17, 15) is 19.8 Å². The molecule has 5 nitrogen and oxygen atoms in total. The molecule has 0 spiro atoms. The second-order valence-electron chi connectivity index (χ2n) is 7.68. The highest BCUT2D eigenvalue weighted by Crippen LogP contribution is 2.50. The van der Waals surface area contributed by atoms with Crippen molar-refractivity contribution in [3.05, 3.63) is 46.2 Å². The fourth-order valence-electron chi connectivity index (χ4n) is 4.39. The number of phenols is 2. The lowest BCUT2D eigenvalue weighted by molar-refractivity contribution is -0.0493. The number of phenolic OH excluding ortho intramolecular Hbond substituents is 2. The average molecular weight is 340 g/mol. The maximum atomic E-state index is 13.1. The number of aromatic hydroxyl groups is 2. The smallest absolute Gasteiger partial charge is 0.232 e. The first-order valence-electron chi connectivity index (χ1n) is 8.46. The minimum absolute atomic E-state index is 0.0377. The van der Waals surface area contributed by atoms with Crippen molar-refractivity contribution in [2.45, 2.75) is 39.2 Å². The van der Waals surface area contributed by atoms with Gasteiger partial charge in [0.05, 0.1) is 11.1 Å². The Balaban J connectivity index is 1.97. The molecule has 0 fully saturated rings. The summed E-state index contributed by atoms with van der Waals surface area (Å²) in [6.45, 7) is 5.90. The number of fused-ring (bicyclic) bond motifs is 3. The van der Waals surface area contributed by atoms with Crippen LogP contribution in [0.15, 0.2) is 35.1 Å². The summed E-state index contributed by atoms with van der Waals surface area (Å²) in [6, 6.07) is 2.31. The van der Waals surface area contributed by atoms with Gasteiger partial charge in [-0.2, -0.15) is 0 Å². The predicted octanol–water partition coefficient (Wildman–Crippen LogP) is 3.51. The van der Waals surface area contributed by atoms with Crippen molar-refractivity contribution in [3.63, 3.8) is 0 Å². The molecule has 1 heterocycles. The van der Waals surface area contributed by atoms with Crippen LogP contribution in [0.4, 0.5) is 0 Å². The van der Waals surface area contributed by atoms with Crippen molar-refractivity contribution < 1.29 is 24.5 Å². The molecule has 3 aliphatic rings. The van der Waals surface area contributed by atoms with Crippen molar-refractivity contribution in [1.82, 2.24) is 0 Å². The molecule has 0 saturated carbocycles. The molecule has 5 heteroatoms. The van der Waals surface area contributed by atoms with Gasteiger partial charge in [-0.1, -0.05) is 11.6 Å². The largest absolute Gasteiger partial charge is 0.508 e. The normalized spacial score (nSPS) is 27.1. The Labute approximate surface area is 145 Å². The van der Waals surface area contributed by atoms with Gasteiger partial charge in [-0.15, -0.1) is 0 Å². The van der Waals surface area contributed by atoms with Crippen molar-refractivity contribution in [1.29, 1.82) is 0 Å². The second kappa shape index (κ2) is 4.97. The van der Waals surface area contributed by atoms with Crippen LogP contribution in [-0.2, 0) is 4.74 Å². The van der Waals surface area contributed by atoms with Gasteiger partial charge in [0.1, 0.15) is 17.1 Å². The standard InChI is InChI=1S/C20H20O5/c1-9-4-5-13-11(6-9)16-17(23)12-7-10(21)8-14(22)15(12)18(24)19(16)25-20(13,2)3/h6-8,11,13,21-22H,4-5H2,1-3H3. The van der Waals surface area contributed by atoms with Crippen LogP contribution in [-0.4, -0.2) is 27.4 Å². The molecule has 2 atom stereocenters. The number of carbonyl (C=O) groups is 2. The van der Waals surface area contributed by atoms with Crippen LogP contribution in [0, 0.1) is 11.8 Å². The second-order valence-corrected chi connectivity index (χ2v) is 7.68. The van der Waals surface area contributed by atoms with Gasteiger partial charge in [-0.25, -0.2) is 0 Å². The van der Waals surface area contributed by atoms with E-state index in [0.717, 1.165) is 18.9 Å². The fraction of sp³-hybridized carbons (Fsp3) is 0.400. The molecule has 1 aliphatic heterocycles. The summed E-state index contributed by atoms with van der Waals surface area (Å²) >= 11 is 0. The Morgan fingerprint density at radius 1 is 1.16 bits per heavy atom. The van der Waals surface area contributed by atoms with Gasteiger partial charge in [-0.05, 0) is 39.7 Å². The van der Waals surface area contributed by atoms with Crippen LogP contribution < -0.4 is 0 Å². The molecule has 0 bridgehead atoms. The fourth-order valence-corrected chi connectivity index (χ4v) is 4.39. The molecular weight excluding hydrogens is 320 g/mol. The number of allylic oxidation sites excluding steroid dienone is 4. The van der Waals surface area contributed by atoms with Gasteiger partial charge >= 0.3 is 0 Å². The van der Waals surface area contributed by atoms with Crippen LogP contribution in [0.2, 0.25) is 0 Å². The quantitative estimate of drug-likeness (QED) is 0.706. The van der Waals surface area contributed by atoms with E-state index in [1.165, 1.54) is 11.6 Å². The van der Waals surface area contributed by atoms with Gasteiger partial charge in [0.2, 0.25) is 5.78 Å². The van der Waals surface area contributed by atoms with Crippen LogP contribution >= 0.6 is 0 Å². The summed E-state index contributed by atoms with van der Waals surface area (Å²) in [5.41, 5.74) is 0.912. The van der Waals surface area contributed by atoms with Gasteiger partial charge in [0, 0.05) is 23.5 Å². The minimum Gasteiger partial charge on any atom is -0.508 e. The third-order valence-electron chi connectivity index (χ3n) is 5.61. The highest BCUT2D eigenvalue weighted by atomic mass is 16.5. The molecule has 0 radical (unpaired) electrons. The lowest BCUT2D eigenvalue weighted by Gasteiger charge is -2.47. The Morgan fingerprint density at radius 3 is 2.60 bits per heavy atom. The Bertz CT molecular complexity index is 888. The van der Waals surface area contributed by atoms with Crippen LogP contribution in [0.25, 0.3) is 0 Å². The van der Waals surface area contributed by atoms with E-state index in [4.69, 9.17) is 4.74 Å². The summed E-state index contributed by atoms with van der Waals surface area (Å²) in [4.78, 5) is 26.1. The predicted molar refractivity (Wildman–Crippen MR) is 90.6 cm³/mol. The number of hydrogen-bond donors (Lipinski definition) is 2. The molecule has 2 aliphatic carbocycles. The van der Waals surface area contributed by atoms with E-state index in [1.54, 1.807) is 0 Å². The van der Waals surface area contributed by atoms with Gasteiger partial charge < -0.3 is 14.9 Å². The number of carbonyl (C=O) groups excluding carboxylic acids is 2. The van der Waals surface area contributed by atoms with Crippen molar-refractivity contribution in [3.8, 4) is 11.5 Å². The highest BCUT2D eigenvalue weighted by molar-refractivity contribution is 6.27. The van der Waals surface area contributed by atoms with Crippen molar-refractivity contribution in [2.75, 3.05) is 0 Å². The lowest BCUT2D eigenvalue weighted by atomic mass is 9.65. The maximum absolute atomic E-state index is 13.1. The molecule has 130 valence electrons. The zero-order valence-electron chi connectivity index (χ0n) is 14.4. The van der Waals surface area contributed by atoms with E-state index in [2.05, 4.69) is 6.08 Å².